The third-order valence-corrected chi connectivity index (χ3v) is 4.36. The van der Waals surface area contributed by atoms with Gasteiger partial charge in [-0.05, 0) is 18.9 Å². The number of aromatic nitrogens is 3. The number of rotatable bonds is 10. The lowest BCUT2D eigenvalue weighted by atomic mass is 10.1. The minimum absolute atomic E-state index is 0. The van der Waals surface area contributed by atoms with Crippen molar-refractivity contribution in [2.24, 2.45) is 12.0 Å². The summed E-state index contributed by atoms with van der Waals surface area (Å²) in [5.41, 5.74) is 3.27. The fraction of sp³-hybridized carbons (Fsp3) is 0.571. The molecule has 1 N–H and O–H groups in total. The van der Waals surface area contributed by atoms with Crippen molar-refractivity contribution < 1.29 is 9.47 Å². The largest absolute Gasteiger partial charge is 0.475 e. The number of pyridine rings is 1. The number of methoxy groups -OCH3 is 1. The lowest BCUT2D eigenvalue weighted by Gasteiger charge is -2.22. The summed E-state index contributed by atoms with van der Waals surface area (Å²) in [6, 6.07) is 3.88. The molecular formula is C21H35IN6O2. The number of aryl methyl sites for hydroxylation is 1. The normalized spacial score (nSPS) is 11.4. The minimum Gasteiger partial charge on any atom is -0.475 e. The van der Waals surface area contributed by atoms with Gasteiger partial charge in [-0.2, -0.15) is 5.10 Å². The van der Waals surface area contributed by atoms with E-state index < -0.39 is 0 Å². The standard InChI is InChI=1S/C21H34N6O2.HI/c1-7-22-21(26(4)14-18-15-27(5)25-19(18)16(2)3)24-13-17-9-8-10-23-20(17)29-12-11-28-6;/h8-10,15-16H,7,11-14H2,1-6H3,(H,22,24);1H. The van der Waals surface area contributed by atoms with Gasteiger partial charge < -0.3 is 19.7 Å². The second-order valence-corrected chi connectivity index (χ2v) is 7.20. The third-order valence-electron chi connectivity index (χ3n) is 4.36. The van der Waals surface area contributed by atoms with Gasteiger partial charge in [0.05, 0.1) is 18.8 Å². The first-order chi connectivity index (χ1) is 14.0. The number of ether oxygens (including phenoxy) is 2. The van der Waals surface area contributed by atoms with E-state index in [4.69, 9.17) is 14.5 Å². The van der Waals surface area contributed by atoms with Crippen molar-refractivity contribution in [2.75, 3.05) is 33.9 Å². The minimum atomic E-state index is 0. The molecule has 0 aliphatic carbocycles. The Morgan fingerprint density at radius 2 is 2.07 bits per heavy atom. The Labute approximate surface area is 197 Å². The molecule has 0 bridgehead atoms. The van der Waals surface area contributed by atoms with Crippen molar-refractivity contribution in [3.8, 4) is 5.88 Å². The number of nitrogens with zero attached hydrogens (tertiary/aromatic N) is 5. The molecule has 0 saturated heterocycles. The van der Waals surface area contributed by atoms with Crippen molar-refractivity contribution in [3.63, 3.8) is 0 Å². The maximum absolute atomic E-state index is 5.72. The highest BCUT2D eigenvalue weighted by atomic mass is 127. The highest BCUT2D eigenvalue weighted by Gasteiger charge is 2.15. The number of nitrogens with one attached hydrogen (secondary N) is 1. The van der Waals surface area contributed by atoms with Crippen molar-refractivity contribution >= 4 is 29.9 Å². The van der Waals surface area contributed by atoms with E-state index in [9.17, 15) is 0 Å². The molecule has 2 rings (SSSR count). The Bertz CT molecular complexity index is 794. The van der Waals surface area contributed by atoms with E-state index in [0.29, 0.717) is 31.6 Å². The predicted molar refractivity (Wildman–Crippen MR) is 131 cm³/mol. The van der Waals surface area contributed by atoms with Crippen LogP contribution in [0.15, 0.2) is 29.5 Å². The van der Waals surface area contributed by atoms with Crippen LogP contribution in [0.25, 0.3) is 0 Å². The number of hydrogen-bond acceptors (Lipinski definition) is 5. The highest BCUT2D eigenvalue weighted by Crippen LogP contribution is 2.19. The summed E-state index contributed by atoms with van der Waals surface area (Å²) in [6.07, 6.45) is 3.81. The van der Waals surface area contributed by atoms with Gasteiger partial charge in [-0.1, -0.05) is 19.9 Å². The van der Waals surface area contributed by atoms with Gasteiger partial charge in [-0.25, -0.2) is 9.98 Å². The van der Waals surface area contributed by atoms with Gasteiger partial charge in [0.2, 0.25) is 5.88 Å². The molecule has 30 heavy (non-hydrogen) atoms. The summed E-state index contributed by atoms with van der Waals surface area (Å²) >= 11 is 0. The molecule has 0 saturated carbocycles. The van der Waals surface area contributed by atoms with Crippen LogP contribution in [0.5, 0.6) is 5.88 Å². The molecule has 8 nitrogen and oxygen atoms in total. The van der Waals surface area contributed by atoms with Gasteiger partial charge in [-0.15, -0.1) is 24.0 Å². The number of halogens is 1. The van der Waals surface area contributed by atoms with Crippen LogP contribution in [-0.2, 0) is 24.9 Å². The van der Waals surface area contributed by atoms with Crippen molar-refractivity contribution in [3.05, 3.63) is 41.3 Å². The topological polar surface area (TPSA) is 76.8 Å². The van der Waals surface area contributed by atoms with Crippen LogP contribution >= 0.6 is 24.0 Å². The van der Waals surface area contributed by atoms with Crippen molar-refractivity contribution in [2.45, 2.75) is 39.8 Å². The Morgan fingerprint density at radius 3 is 2.73 bits per heavy atom. The quantitative estimate of drug-likeness (QED) is 0.220. The molecule has 2 aromatic heterocycles. The van der Waals surface area contributed by atoms with E-state index in [1.807, 2.05) is 30.9 Å². The molecule has 0 aliphatic rings. The van der Waals surface area contributed by atoms with E-state index in [1.165, 1.54) is 5.56 Å². The molecule has 0 unspecified atom stereocenters. The van der Waals surface area contributed by atoms with Gasteiger partial charge in [0, 0.05) is 57.8 Å². The van der Waals surface area contributed by atoms with Gasteiger partial charge in [-0.3, -0.25) is 4.68 Å². The average Bonchev–Trinajstić information content (AvgIpc) is 3.06. The molecule has 2 heterocycles. The zero-order chi connectivity index (χ0) is 21.2. The molecule has 0 fully saturated rings. The van der Waals surface area contributed by atoms with Gasteiger partial charge >= 0.3 is 0 Å². The molecule has 0 spiro atoms. The molecule has 2 aromatic rings. The molecule has 0 amide bonds. The van der Waals surface area contributed by atoms with Crippen LogP contribution in [0.4, 0.5) is 0 Å². The van der Waals surface area contributed by atoms with E-state index >= 15 is 0 Å². The zero-order valence-electron chi connectivity index (χ0n) is 18.9. The summed E-state index contributed by atoms with van der Waals surface area (Å²) in [5, 5.41) is 7.97. The van der Waals surface area contributed by atoms with Gasteiger partial charge in [0.15, 0.2) is 5.96 Å². The van der Waals surface area contributed by atoms with Gasteiger partial charge in [0.1, 0.15) is 6.61 Å². The Hall–Kier alpha value is -1.88. The monoisotopic (exact) mass is 530 g/mol. The number of guanidine groups is 1. The lowest BCUT2D eigenvalue weighted by molar-refractivity contribution is 0.143. The van der Waals surface area contributed by atoms with E-state index in [0.717, 1.165) is 30.3 Å². The zero-order valence-corrected chi connectivity index (χ0v) is 21.2. The first-order valence-electron chi connectivity index (χ1n) is 10.0. The second-order valence-electron chi connectivity index (χ2n) is 7.20. The Balaban J connectivity index is 0.00000450. The first kappa shape index (κ1) is 26.2. The summed E-state index contributed by atoms with van der Waals surface area (Å²) in [7, 11) is 5.65. The predicted octanol–water partition coefficient (Wildman–Crippen LogP) is 3.18. The molecule has 0 radical (unpaired) electrons. The summed E-state index contributed by atoms with van der Waals surface area (Å²) < 4.78 is 12.6. The summed E-state index contributed by atoms with van der Waals surface area (Å²) in [6.45, 7) is 9.38. The van der Waals surface area contributed by atoms with Crippen LogP contribution in [0.2, 0.25) is 0 Å². The summed E-state index contributed by atoms with van der Waals surface area (Å²) in [4.78, 5) is 11.3. The summed E-state index contributed by atoms with van der Waals surface area (Å²) in [5.74, 6) is 1.81. The van der Waals surface area contributed by atoms with Crippen LogP contribution in [-0.4, -0.2) is 59.5 Å². The van der Waals surface area contributed by atoms with Gasteiger partial charge in [0.25, 0.3) is 0 Å². The maximum Gasteiger partial charge on any atom is 0.218 e. The van der Waals surface area contributed by atoms with Crippen molar-refractivity contribution in [1.82, 2.24) is 25.0 Å². The van der Waals surface area contributed by atoms with Crippen LogP contribution in [0.3, 0.4) is 0 Å². The van der Waals surface area contributed by atoms with E-state index in [2.05, 4.69) is 47.3 Å². The molecule has 0 aromatic carbocycles. The fourth-order valence-electron chi connectivity index (χ4n) is 3.02. The van der Waals surface area contributed by atoms with Crippen LogP contribution in [0.1, 0.15) is 43.5 Å². The maximum atomic E-state index is 5.72. The number of aliphatic imine (C=N–C) groups is 1. The molecule has 9 heteroatoms. The number of hydrogen-bond donors (Lipinski definition) is 1. The molecule has 0 atom stereocenters. The second kappa shape index (κ2) is 13.4. The molecular weight excluding hydrogens is 495 g/mol. The highest BCUT2D eigenvalue weighted by molar-refractivity contribution is 14.0. The first-order valence-corrected chi connectivity index (χ1v) is 10.0. The molecule has 0 aliphatic heterocycles. The SMILES string of the molecule is CCNC(=NCc1cccnc1OCCOC)N(C)Cc1cn(C)nc1C(C)C.I. The van der Waals surface area contributed by atoms with Crippen LogP contribution in [0, 0.1) is 0 Å². The smallest absolute Gasteiger partial charge is 0.218 e. The Kier molecular flexibility index (Phi) is 11.7. The lowest BCUT2D eigenvalue weighted by Crippen LogP contribution is -2.38. The van der Waals surface area contributed by atoms with Crippen molar-refractivity contribution in [1.29, 1.82) is 0 Å². The third kappa shape index (κ3) is 7.75. The Morgan fingerprint density at radius 1 is 1.30 bits per heavy atom. The van der Waals surface area contributed by atoms with E-state index in [1.54, 1.807) is 13.3 Å². The van der Waals surface area contributed by atoms with Crippen LogP contribution < -0.4 is 10.1 Å². The van der Waals surface area contributed by atoms with E-state index in [-0.39, 0.29) is 24.0 Å². The fourth-order valence-corrected chi connectivity index (χ4v) is 3.02. The molecule has 168 valence electrons. The average molecular weight is 530 g/mol.